The number of rotatable bonds is 0. The van der Waals surface area contributed by atoms with Crippen LogP contribution in [0.2, 0.25) is 0 Å². The van der Waals surface area contributed by atoms with E-state index in [9.17, 15) is 9.90 Å². The number of benzene rings is 1. The van der Waals surface area contributed by atoms with Gasteiger partial charge in [-0.15, -0.1) is 0 Å². The number of fused-ring (bicyclic) bond motifs is 1. The first-order chi connectivity index (χ1) is 6.59. The van der Waals surface area contributed by atoms with Gasteiger partial charge in [0.05, 0.1) is 0 Å². The van der Waals surface area contributed by atoms with Gasteiger partial charge in [0.25, 0.3) is 0 Å². The van der Waals surface area contributed by atoms with E-state index in [1.807, 2.05) is 6.92 Å². The van der Waals surface area contributed by atoms with Gasteiger partial charge in [0, 0.05) is 9.99 Å². The average molecular weight is 304 g/mol. The smallest absolute Gasteiger partial charge is 0.342 e. The van der Waals surface area contributed by atoms with Gasteiger partial charge in [-0.25, -0.2) is 4.79 Å². The Morgan fingerprint density at radius 1 is 1.57 bits per heavy atom. The van der Waals surface area contributed by atoms with Crippen molar-refractivity contribution in [2.75, 3.05) is 0 Å². The minimum atomic E-state index is -0.422. The maximum atomic E-state index is 11.5. The van der Waals surface area contributed by atoms with Crippen molar-refractivity contribution in [3.63, 3.8) is 0 Å². The van der Waals surface area contributed by atoms with Crippen molar-refractivity contribution in [3.05, 3.63) is 26.8 Å². The molecule has 0 radical (unpaired) electrons. The van der Waals surface area contributed by atoms with E-state index >= 15 is 0 Å². The molecule has 1 aliphatic rings. The SMILES string of the molecule is C[C@@H]1Cc2c(I)ccc(O)c2C(=O)O1. The molecule has 0 aliphatic carbocycles. The van der Waals surface area contributed by atoms with Crippen molar-refractivity contribution >= 4 is 28.6 Å². The molecule has 2 rings (SSSR count). The standard InChI is InChI=1S/C10H9IO3/c1-5-4-6-7(11)2-3-8(12)9(6)10(13)14-5/h2-3,5,12H,4H2,1H3/t5-/m1/s1. The van der Waals surface area contributed by atoms with E-state index in [0.717, 1.165) is 9.13 Å². The van der Waals surface area contributed by atoms with Crippen molar-refractivity contribution in [3.8, 4) is 5.75 Å². The Bertz CT molecular complexity index is 401. The molecular formula is C10H9IO3. The molecule has 4 heteroatoms. The minimum Gasteiger partial charge on any atom is -0.507 e. The lowest BCUT2D eigenvalue weighted by atomic mass is 9.98. The van der Waals surface area contributed by atoms with E-state index in [0.29, 0.717) is 12.0 Å². The van der Waals surface area contributed by atoms with Gasteiger partial charge in [0.2, 0.25) is 0 Å². The summed E-state index contributed by atoms with van der Waals surface area (Å²) in [7, 11) is 0. The van der Waals surface area contributed by atoms with Crippen LogP contribution in [0.3, 0.4) is 0 Å². The monoisotopic (exact) mass is 304 g/mol. The molecule has 74 valence electrons. The number of phenols is 1. The summed E-state index contributed by atoms with van der Waals surface area (Å²) in [6.45, 7) is 1.85. The maximum Gasteiger partial charge on any atom is 0.342 e. The summed E-state index contributed by atoms with van der Waals surface area (Å²) >= 11 is 2.16. The van der Waals surface area contributed by atoms with Gasteiger partial charge in [-0.2, -0.15) is 0 Å². The number of carbonyl (C=O) groups is 1. The maximum absolute atomic E-state index is 11.5. The first kappa shape index (κ1) is 9.76. The molecule has 1 atom stereocenters. The fourth-order valence-corrected chi connectivity index (χ4v) is 2.28. The number of esters is 1. The van der Waals surface area contributed by atoms with Crippen molar-refractivity contribution in [1.82, 2.24) is 0 Å². The molecule has 14 heavy (non-hydrogen) atoms. The lowest BCUT2D eigenvalue weighted by Crippen LogP contribution is -2.26. The van der Waals surface area contributed by atoms with Crippen LogP contribution in [-0.2, 0) is 11.2 Å². The zero-order chi connectivity index (χ0) is 10.3. The van der Waals surface area contributed by atoms with Gasteiger partial charge in [0.1, 0.15) is 17.4 Å². The van der Waals surface area contributed by atoms with Crippen molar-refractivity contribution in [1.29, 1.82) is 0 Å². The van der Waals surface area contributed by atoms with Crippen LogP contribution in [0.25, 0.3) is 0 Å². The summed E-state index contributed by atoms with van der Waals surface area (Å²) in [6.07, 6.45) is 0.568. The number of phenolic OH excluding ortho intramolecular Hbond substituents is 1. The first-order valence-electron chi connectivity index (χ1n) is 4.31. The number of ether oxygens (including phenoxy) is 1. The van der Waals surface area contributed by atoms with Crippen LogP contribution in [-0.4, -0.2) is 17.2 Å². The van der Waals surface area contributed by atoms with E-state index in [4.69, 9.17) is 4.74 Å². The summed E-state index contributed by atoms with van der Waals surface area (Å²) < 4.78 is 6.05. The lowest BCUT2D eigenvalue weighted by molar-refractivity contribution is 0.0296. The molecule has 0 amide bonds. The third-order valence-electron chi connectivity index (χ3n) is 2.24. The Morgan fingerprint density at radius 2 is 2.29 bits per heavy atom. The van der Waals surface area contributed by atoms with Gasteiger partial charge in [-0.05, 0) is 47.2 Å². The fourth-order valence-electron chi connectivity index (χ4n) is 1.61. The van der Waals surface area contributed by atoms with Crippen LogP contribution < -0.4 is 0 Å². The van der Waals surface area contributed by atoms with Crippen LogP contribution in [0, 0.1) is 3.57 Å². The van der Waals surface area contributed by atoms with Crippen LogP contribution in [0.1, 0.15) is 22.8 Å². The Hall–Kier alpha value is -0.780. The third-order valence-corrected chi connectivity index (χ3v) is 3.25. The first-order valence-corrected chi connectivity index (χ1v) is 5.39. The fraction of sp³-hybridized carbons (Fsp3) is 0.300. The van der Waals surface area contributed by atoms with Crippen molar-refractivity contribution in [2.45, 2.75) is 19.4 Å². The molecule has 0 saturated carbocycles. The predicted octanol–water partition coefficient (Wildman–Crippen LogP) is 2.10. The molecule has 1 aliphatic heterocycles. The molecule has 1 aromatic rings. The largest absolute Gasteiger partial charge is 0.507 e. The summed E-state index contributed by atoms with van der Waals surface area (Å²) in [4.78, 5) is 11.5. The Labute approximate surface area is 95.2 Å². The van der Waals surface area contributed by atoms with Crippen LogP contribution in [0.15, 0.2) is 12.1 Å². The van der Waals surface area contributed by atoms with E-state index in [-0.39, 0.29) is 11.9 Å². The van der Waals surface area contributed by atoms with Crippen molar-refractivity contribution < 1.29 is 14.6 Å². The number of cyclic esters (lactones) is 1. The van der Waals surface area contributed by atoms with Gasteiger partial charge in [0.15, 0.2) is 0 Å². The van der Waals surface area contributed by atoms with Gasteiger partial charge < -0.3 is 9.84 Å². The highest BCUT2D eigenvalue weighted by Gasteiger charge is 2.28. The Balaban J connectivity index is 2.63. The highest BCUT2D eigenvalue weighted by atomic mass is 127. The van der Waals surface area contributed by atoms with Crippen molar-refractivity contribution in [2.24, 2.45) is 0 Å². The topological polar surface area (TPSA) is 46.5 Å². The summed E-state index contributed by atoms with van der Waals surface area (Å²) in [5, 5.41) is 9.53. The average Bonchev–Trinajstić information content (AvgIpc) is 2.10. The molecule has 0 aromatic heterocycles. The number of hydrogen-bond donors (Lipinski definition) is 1. The Morgan fingerprint density at radius 3 is 3.00 bits per heavy atom. The Kier molecular flexibility index (Phi) is 2.38. The van der Waals surface area contributed by atoms with Crippen LogP contribution in [0.4, 0.5) is 0 Å². The lowest BCUT2D eigenvalue weighted by Gasteiger charge is -2.23. The highest BCUT2D eigenvalue weighted by Crippen LogP contribution is 2.31. The second kappa shape index (κ2) is 3.42. The van der Waals surface area contributed by atoms with Gasteiger partial charge >= 0.3 is 5.97 Å². The second-order valence-corrected chi connectivity index (χ2v) is 4.50. The molecule has 1 aromatic carbocycles. The van der Waals surface area contributed by atoms with E-state index in [1.54, 1.807) is 6.07 Å². The molecule has 3 nitrogen and oxygen atoms in total. The third kappa shape index (κ3) is 1.47. The molecule has 0 fully saturated rings. The summed E-state index contributed by atoms with van der Waals surface area (Å²) in [5.74, 6) is -0.410. The van der Waals surface area contributed by atoms with Crippen LogP contribution >= 0.6 is 22.6 Å². The summed E-state index contributed by atoms with van der Waals surface area (Å²) in [6, 6.07) is 3.33. The molecular weight excluding hydrogens is 295 g/mol. The van der Waals surface area contributed by atoms with Crippen LogP contribution in [0.5, 0.6) is 5.75 Å². The van der Waals surface area contributed by atoms with E-state index in [1.165, 1.54) is 6.07 Å². The zero-order valence-electron chi connectivity index (χ0n) is 7.58. The van der Waals surface area contributed by atoms with Gasteiger partial charge in [-0.1, -0.05) is 0 Å². The van der Waals surface area contributed by atoms with Gasteiger partial charge in [-0.3, -0.25) is 0 Å². The number of hydrogen-bond acceptors (Lipinski definition) is 3. The summed E-state index contributed by atoms with van der Waals surface area (Å²) in [5.41, 5.74) is 1.23. The molecule has 0 spiro atoms. The molecule has 0 unspecified atom stereocenters. The molecule has 0 saturated heterocycles. The minimum absolute atomic E-state index is 0.0114. The second-order valence-electron chi connectivity index (χ2n) is 3.34. The molecule has 1 N–H and O–H groups in total. The number of halogens is 1. The molecule has 0 bridgehead atoms. The number of carbonyl (C=O) groups excluding carboxylic acids is 1. The quantitative estimate of drug-likeness (QED) is 0.590. The van der Waals surface area contributed by atoms with E-state index in [2.05, 4.69) is 22.6 Å². The van der Waals surface area contributed by atoms with E-state index < -0.39 is 5.97 Å². The number of aromatic hydroxyl groups is 1. The predicted molar refractivity (Wildman–Crippen MR) is 59.4 cm³/mol. The zero-order valence-corrected chi connectivity index (χ0v) is 9.74. The highest BCUT2D eigenvalue weighted by molar-refractivity contribution is 14.1. The normalized spacial score (nSPS) is 20.1. The molecule has 1 heterocycles.